The number of rotatable bonds is 0. The van der Waals surface area contributed by atoms with Gasteiger partial charge in [-0.05, 0) is 0 Å². The first kappa shape index (κ1) is 5.71. The molecule has 0 aromatic rings. The predicted octanol–water partition coefficient (Wildman–Crippen LogP) is 1.32. The molecule has 0 atom stereocenters. The molecule has 0 rings (SSSR count). The minimum atomic E-state index is -0.657. The summed E-state index contributed by atoms with van der Waals surface area (Å²) in [5.41, 5.74) is 0. The van der Waals surface area contributed by atoms with Crippen LogP contribution in [0.5, 0.6) is 0 Å². The fraction of sp³-hybridized carbons (Fsp3) is 0.750. The molecule has 0 unspecified atom stereocenters. The van der Waals surface area contributed by atoms with E-state index in [1.165, 1.54) is 0 Å². The van der Waals surface area contributed by atoms with Gasteiger partial charge in [-0.15, -0.1) is 0 Å². The van der Waals surface area contributed by atoms with E-state index in [1.807, 2.05) is 6.92 Å². The fourth-order valence-corrected chi connectivity index (χ4v) is 0.775. The molecular formula is C4H10NSi+. The third kappa shape index (κ3) is 3.71. The summed E-state index contributed by atoms with van der Waals surface area (Å²) in [5, 5.41) is 0. The molecule has 0 aliphatic rings. The maximum Gasteiger partial charge on any atom is 0.488 e. The molecule has 0 aromatic heterocycles. The van der Waals surface area contributed by atoms with Gasteiger partial charge in [0.05, 0.1) is 6.92 Å². The molecule has 1 nitrogen and oxygen atoms in total. The van der Waals surface area contributed by atoms with Crippen molar-refractivity contribution in [3.05, 3.63) is 4.51 Å². The van der Waals surface area contributed by atoms with Gasteiger partial charge in [-0.25, -0.2) is 0 Å². The SMILES string of the molecule is CC#[N+][SiH](C)C. The average molecular weight is 100 g/mol. The monoisotopic (exact) mass is 100 g/mol. The Morgan fingerprint density at radius 2 is 2.00 bits per heavy atom. The summed E-state index contributed by atoms with van der Waals surface area (Å²) in [6.07, 6.45) is 0. The second kappa shape index (κ2) is 2.92. The van der Waals surface area contributed by atoms with Crippen LogP contribution in [0.1, 0.15) is 6.92 Å². The van der Waals surface area contributed by atoms with Gasteiger partial charge >= 0.3 is 8.96 Å². The summed E-state index contributed by atoms with van der Waals surface area (Å²) in [4.78, 5) is 0. The predicted molar refractivity (Wildman–Crippen MR) is 31.8 cm³/mol. The second-order valence-electron chi connectivity index (χ2n) is 1.45. The van der Waals surface area contributed by atoms with Crippen LogP contribution in [0.25, 0.3) is 4.51 Å². The van der Waals surface area contributed by atoms with E-state index in [9.17, 15) is 0 Å². The van der Waals surface area contributed by atoms with Crippen LogP contribution in [-0.4, -0.2) is 8.96 Å². The molecule has 0 saturated heterocycles. The Hall–Kier alpha value is -0.293. The summed E-state index contributed by atoms with van der Waals surface area (Å²) >= 11 is 0. The molecule has 6 heavy (non-hydrogen) atoms. The normalized spacial score (nSPS) is 7.33. The molecule has 0 aromatic carbocycles. The molecule has 0 fully saturated rings. The van der Waals surface area contributed by atoms with E-state index in [1.54, 1.807) is 0 Å². The maximum atomic E-state index is 4.01. The third-order valence-corrected chi connectivity index (χ3v) is 1.16. The zero-order chi connectivity index (χ0) is 4.99. The van der Waals surface area contributed by atoms with Crippen LogP contribution in [0.15, 0.2) is 0 Å². The molecule has 0 spiro atoms. The second-order valence-corrected chi connectivity index (χ2v) is 3.89. The molecule has 2 heteroatoms. The maximum absolute atomic E-state index is 4.01. The molecule has 0 N–H and O–H groups in total. The third-order valence-electron chi connectivity index (χ3n) is 0.387. The van der Waals surface area contributed by atoms with Gasteiger partial charge < -0.3 is 0 Å². The summed E-state index contributed by atoms with van der Waals surface area (Å²) in [6.45, 7) is 6.17. The lowest BCUT2D eigenvalue weighted by Crippen LogP contribution is -1.86. The highest BCUT2D eigenvalue weighted by atomic mass is 28.3. The van der Waals surface area contributed by atoms with Gasteiger partial charge in [0.2, 0.25) is 6.07 Å². The lowest BCUT2D eigenvalue weighted by atomic mass is 11.0. The quantitative estimate of drug-likeness (QED) is 0.404. The molecular weight excluding hydrogens is 90.1 g/mol. The van der Waals surface area contributed by atoms with Crippen molar-refractivity contribution in [2.75, 3.05) is 0 Å². The molecule has 0 bridgehead atoms. The molecule has 0 aliphatic carbocycles. The molecule has 0 heterocycles. The smallest absolute Gasteiger partial charge is 0.197 e. The van der Waals surface area contributed by atoms with Gasteiger partial charge in [-0.3, -0.25) is 0 Å². The first-order chi connectivity index (χ1) is 2.77. The van der Waals surface area contributed by atoms with Crippen molar-refractivity contribution in [1.29, 1.82) is 0 Å². The van der Waals surface area contributed by atoms with Crippen LogP contribution in [0.4, 0.5) is 0 Å². The van der Waals surface area contributed by atoms with E-state index < -0.39 is 8.96 Å². The molecule has 0 saturated carbocycles. The number of hydrogen-bond acceptors (Lipinski definition) is 0. The lowest BCUT2D eigenvalue weighted by Gasteiger charge is -1.61. The zero-order valence-electron chi connectivity index (χ0n) is 4.52. The van der Waals surface area contributed by atoms with Crippen molar-refractivity contribution in [2.45, 2.75) is 20.0 Å². The number of nitrogens with zero attached hydrogens (tertiary/aromatic N) is 1. The molecule has 34 valence electrons. The van der Waals surface area contributed by atoms with E-state index in [2.05, 4.69) is 23.7 Å². The van der Waals surface area contributed by atoms with Crippen molar-refractivity contribution in [2.24, 2.45) is 0 Å². The van der Waals surface area contributed by atoms with Gasteiger partial charge in [0, 0.05) is 13.1 Å². The highest BCUT2D eigenvalue weighted by molar-refractivity contribution is 6.59. The van der Waals surface area contributed by atoms with Crippen LogP contribution in [0.2, 0.25) is 13.1 Å². The van der Waals surface area contributed by atoms with E-state index >= 15 is 0 Å². The first-order valence-electron chi connectivity index (χ1n) is 2.14. The van der Waals surface area contributed by atoms with Gasteiger partial charge in [0.1, 0.15) is 0 Å². The van der Waals surface area contributed by atoms with Crippen molar-refractivity contribution in [3.63, 3.8) is 0 Å². The fourth-order valence-electron chi connectivity index (χ4n) is 0.258. The van der Waals surface area contributed by atoms with Crippen LogP contribution in [0, 0.1) is 6.07 Å². The van der Waals surface area contributed by atoms with Gasteiger partial charge in [0.25, 0.3) is 0 Å². The Bertz CT molecular complexity index is 77.3. The van der Waals surface area contributed by atoms with Gasteiger partial charge in [0.15, 0.2) is 0 Å². The summed E-state index contributed by atoms with van der Waals surface area (Å²) < 4.78 is 4.01. The van der Waals surface area contributed by atoms with Crippen LogP contribution in [0.3, 0.4) is 0 Å². The Morgan fingerprint density at radius 1 is 1.50 bits per heavy atom. The van der Waals surface area contributed by atoms with Crippen molar-refractivity contribution >= 4 is 8.96 Å². The van der Waals surface area contributed by atoms with Crippen molar-refractivity contribution < 1.29 is 0 Å². The largest absolute Gasteiger partial charge is 0.488 e. The average Bonchev–Trinajstić information content (AvgIpc) is 1.35. The van der Waals surface area contributed by atoms with Crippen LogP contribution >= 0.6 is 0 Å². The Labute approximate surface area is 40.5 Å². The highest BCUT2D eigenvalue weighted by Crippen LogP contribution is 1.76. The Kier molecular flexibility index (Phi) is 2.78. The molecule has 0 aliphatic heterocycles. The minimum Gasteiger partial charge on any atom is -0.197 e. The first-order valence-corrected chi connectivity index (χ1v) is 4.96. The number of hydrogen-bond donors (Lipinski definition) is 0. The molecule has 0 amide bonds. The topological polar surface area (TPSA) is 4.36 Å². The van der Waals surface area contributed by atoms with Gasteiger partial charge in [-0.2, -0.15) is 4.51 Å². The Morgan fingerprint density at radius 3 is 2.00 bits per heavy atom. The summed E-state index contributed by atoms with van der Waals surface area (Å²) in [5.74, 6) is 0. The van der Waals surface area contributed by atoms with E-state index in [4.69, 9.17) is 0 Å². The van der Waals surface area contributed by atoms with E-state index in [0.717, 1.165) is 0 Å². The summed E-state index contributed by atoms with van der Waals surface area (Å²) in [6, 6.07) is 2.75. The van der Waals surface area contributed by atoms with Crippen molar-refractivity contribution in [3.8, 4) is 6.07 Å². The lowest BCUT2D eigenvalue weighted by molar-refractivity contribution is 1.88. The summed E-state index contributed by atoms with van der Waals surface area (Å²) in [7, 11) is -0.657. The molecule has 0 radical (unpaired) electrons. The van der Waals surface area contributed by atoms with Gasteiger partial charge in [-0.1, -0.05) is 0 Å². The van der Waals surface area contributed by atoms with E-state index in [0.29, 0.717) is 0 Å². The standard InChI is InChI=1S/C4H10NSi/c1-4-5-6(2)3/h6H,1-3H3/q+1. The van der Waals surface area contributed by atoms with Crippen LogP contribution < -0.4 is 0 Å². The van der Waals surface area contributed by atoms with Crippen molar-refractivity contribution in [1.82, 2.24) is 0 Å². The Balaban J connectivity index is 3.20. The van der Waals surface area contributed by atoms with E-state index in [-0.39, 0.29) is 0 Å². The minimum absolute atomic E-state index is 0.657. The highest BCUT2D eigenvalue weighted by Gasteiger charge is 2.01. The zero-order valence-corrected chi connectivity index (χ0v) is 5.68. The van der Waals surface area contributed by atoms with Crippen LogP contribution in [-0.2, 0) is 0 Å².